The smallest absolute Gasteiger partial charge is 0.269 e. The van der Waals surface area contributed by atoms with Crippen LogP contribution in [0.5, 0.6) is 0 Å². The van der Waals surface area contributed by atoms with Gasteiger partial charge in [0, 0.05) is 6.54 Å². The largest absolute Gasteiger partial charge is 0.328 e. The summed E-state index contributed by atoms with van der Waals surface area (Å²) in [4.78, 5) is 12.6. The summed E-state index contributed by atoms with van der Waals surface area (Å²) >= 11 is 1.58. The van der Waals surface area contributed by atoms with Crippen molar-refractivity contribution in [2.75, 3.05) is 6.54 Å². The minimum absolute atomic E-state index is 0.139. The molecule has 0 spiro atoms. The molecule has 1 saturated carbocycles. The van der Waals surface area contributed by atoms with E-state index in [1.54, 1.807) is 11.5 Å². The normalized spacial score (nSPS) is 27.8. The van der Waals surface area contributed by atoms with Gasteiger partial charge >= 0.3 is 0 Å². The second kappa shape index (κ2) is 4.76. The summed E-state index contributed by atoms with van der Waals surface area (Å²) in [6, 6.07) is 7.86. The Kier molecular flexibility index (Phi) is 3.23. The van der Waals surface area contributed by atoms with Crippen LogP contribution in [-0.4, -0.2) is 10.5 Å². The van der Waals surface area contributed by atoms with Gasteiger partial charge in [0.25, 0.3) is 5.56 Å². The molecule has 19 heavy (non-hydrogen) atoms. The molecule has 1 heterocycles. The van der Waals surface area contributed by atoms with Crippen LogP contribution in [0.3, 0.4) is 0 Å². The topological polar surface area (TPSA) is 48.0 Å². The van der Waals surface area contributed by atoms with Gasteiger partial charge in [-0.05, 0) is 30.9 Å². The van der Waals surface area contributed by atoms with Crippen LogP contribution in [0.4, 0.5) is 0 Å². The summed E-state index contributed by atoms with van der Waals surface area (Å²) in [6.45, 7) is 2.83. The number of fused-ring (bicyclic) bond motifs is 1. The molecule has 1 aromatic carbocycles. The van der Waals surface area contributed by atoms with Crippen molar-refractivity contribution in [3.05, 3.63) is 34.6 Å². The molecule has 2 atom stereocenters. The fourth-order valence-electron chi connectivity index (χ4n) is 3.37. The maximum atomic E-state index is 12.6. The minimum Gasteiger partial charge on any atom is -0.328 e. The third-order valence-corrected chi connectivity index (χ3v) is 5.66. The van der Waals surface area contributed by atoms with Crippen molar-refractivity contribution in [2.24, 2.45) is 11.7 Å². The number of aromatic nitrogens is 1. The van der Waals surface area contributed by atoms with E-state index in [1.807, 2.05) is 28.2 Å². The Bertz CT molecular complexity index is 645. The quantitative estimate of drug-likeness (QED) is 0.916. The Morgan fingerprint density at radius 1 is 1.47 bits per heavy atom. The van der Waals surface area contributed by atoms with E-state index in [-0.39, 0.29) is 11.1 Å². The first-order chi connectivity index (χ1) is 9.16. The summed E-state index contributed by atoms with van der Waals surface area (Å²) in [7, 11) is 0. The Balaban J connectivity index is 2.16. The van der Waals surface area contributed by atoms with Crippen LogP contribution in [0.1, 0.15) is 32.6 Å². The Hall–Kier alpha value is -1.13. The molecule has 3 nitrogen and oxygen atoms in total. The second-order valence-electron chi connectivity index (χ2n) is 5.82. The molecule has 1 fully saturated rings. The van der Waals surface area contributed by atoms with Crippen molar-refractivity contribution < 1.29 is 0 Å². The zero-order valence-electron chi connectivity index (χ0n) is 11.3. The SMILES string of the molecule is CC1CCCC(CN)(n2sc3ccccc3c2=O)C1. The van der Waals surface area contributed by atoms with Crippen LogP contribution >= 0.6 is 11.5 Å². The molecule has 1 aliphatic carbocycles. The molecule has 0 amide bonds. The van der Waals surface area contributed by atoms with Gasteiger partial charge < -0.3 is 5.73 Å². The molecule has 2 N–H and O–H groups in total. The average Bonchev–Trinajstić information content (AvgIpc) is 2.77. The number of nitrogens with zero attached hydrogens (tertiary/aromatic N) is 1. The van der Waals surface area contributed by atoms with Gasteiger partial charge in [-0.1, -0.05) is 43.4 Å². The molecular weight excluding hydrogens is 256 g/mol. The van der Waals surface area contributed by atoms with E-state index in [4.69, 9.17) is 5.73 Å². The van der Waals surface area contributed by atoms with Gasteiger partial charge in [0.2, 0.25) is 0 Å². The van der Waals surface area contributed by atoms with Crippen LogP contribution in [0.2, 0.25) is 0 Å². The van der Waals surface area contributed by atoms with Crippen molar-refractivity contribution in [1.82, 2.24) is 3.96 Å². The molecule has 0 saturated heterocycles. The highest BCUT2D eigenvalue weighted by Gasteiger charge is 2.37. The average molecular weight is 276 g/mol. The highest BCUT2D eigenvalue weighted by Crippen LogP contribution is 2.38. The van der Waals surface area contributed by atoms with Crippen molar-refractivity contribution in [1.29, 1.82) is 0 Å². The summed E-state index contributed by atoms with van der Waals surface area (Å²) in [5, 5.41) is 0.832. The first kappa shape index (κ1) is 12.9. The first-order valence-corrected chi connectivity index (χ1v) is 7.75. The lowest BCUT2D eigenvalue weighted by molar-refractivity contribution is 0.170. The van der Waals surface area contributed by atoms with Gasteiger partial charge in [-0.25, -0.2) is 0 Å². The lowest BCUT2D eigenvalue weighted by Crippen LogP contribution is -2.47. The number of nitrogens with two attached hydrogens (primary N) is 1. The molecule has 0 aliphatic heterocycles. The van der Waals surface area contributed by atoms with Gasteiger partial charge in [-0.15, -0.1) is 0 Å². The molecule has 0 bridgehead atoms. The number of hydrogen-bond acceptors (Lipinski definition) is 3. The van der Waals surface area contributed by atoms with Gasteiger partial charge in [-0.2, -0.15) is 0 Å². The summed E-state index contributed by atoms with van der Waals surface area (Å²) in [5.41, 5.74) is 6.05. The van der Waals surface area contributed by atoms with Crippen molar-refractivity contribution in [3.63, 3.8) is 0 Å². The number of hydrogen-bond donors (Lipinski definition) is 1. The van der Waals surface area contributed by atoms with E-state index in [0.29, 0.717) is 12.5 Å². The van der Waals surface area contributed by atoms with Crippen LogP contribution in [0.25, 0.3) is 10.1 Å². The van der Waals surface area contributed by atoms with Crippen LogP contribution in [-0.2, 0) is 5.54 Å². The minimum atomic E-state index is -0.154. The molecule has 2 aromatic rings. The highest BCUT2D eigenvalue weighted by molar-refractivity contribution is 7.13. The predicted molar refractivity (Wildman–Crippen MR) is 80.7 cm³/mol. The predicted octanol–water partition coefficient (Wildman–Crippen LogP) is 2.93. The summed E-state index contributed by atoms with van der Waals surface area (Å²) in [6.07, 6.45) is 4.47. The maximum Gasteiger partial charge on any atom is 0.269 e. The van der Waals surface area contributed by atoms with E-state index in [1.165, 1.54) is 12.8 Å². The third-order valence-electron chi connectivity index (χ3n) is 4.37. The summed E-state index contributed by atoms with van der Waals surface area (Å²) < 4.78 is 3.03. The van der Waals surface area contributed by atoms with Gasteiger partial charge in [-0.3, -0.25) is 8.75 Å². The van der Waals surface area contributed by atoms with Gasteiger partial charge in [0.05, 0.1) is 15.6 Å². The maximum absolute atomic E-state index is 12.6. The van der Waals surface area contributed by atoms with Crippen LogP contribution < -0.4 is 11.3 Å². The molecule has 1 aromatic heterocycles. The molecular formula is C15H20N2OS. The highest BCUT2D eigenvalue weighted by atomic mass is 32.1. The van der Waals surface area contributed by atoms with E-state index in [2.05, 4.69) is 6.92 Å². The summed E-state index contributed by atoms with van der Waals surface area (Å²) in [5.74, 6) is 0.648. The van der Waals surface area contributed by atoms with Crippen molar-refractivity contribution in [3.8, 4) is 0 Å². The van der Waals surface area contributed by atoms with Crippen LogP contribution in [0.15, 0.2) is 29.1 Å². The zero-order chi connectivity index (χ0) is 13.5. The fourth-order valence-corrected chi connectivity index (χ4v) is 4.57. The second-order valence-corrected chi connectivity index (χ2v) is 6.80. The number of benzene rings is 1. The Morgan fingerprint density at radius 3 is 2.95 bits per heavy atom. The Morgan fingerprint density at radius 2 is 2.26 bits per heavy atom. The van der Waals surface area contributed by atoms with E-state index >= 15 is 0 Å². The first-order valence-electron chi connectivity index (χ1n) is 6.98. The molecule has 3 rings (SSSR count). The number of rotatable bonds is 2. The Labute approximate surface area is 117 Å². The lowest BCUT2D eigenvalue weighted by atomic mass is 9.76. The molecule has 0 radical (unpaired) electrons. The third kappa shape index (κ3) is 2.03. The standard InChI is InChI=1S/C15H20N2OS/c1-11-5-4-8-15(9-11,10-16)17-14(18)12-6-2-3-7-13(12)19-17/h2-3,6-7,11H,4-5,8-10,16H2,1H3. The van der Waals surface area contributed by atoms with Crippen molar-refractivity contribution >= 4 is 21.6 Å². The zero-order valence-corrected chi connectivity index (χ0v) is 12.1. The molecule has 1 aliphatic rings. The van der Waals surface area contributed by atoms with Crippen molar-refractivity contribution in [2.45, 2.75) is 38.1 Å². The van der Waals surface area contributed by atoms with Crippen LogP contribution in [0, 0.1) is 5.92 Å². The van der Waals surface area contributed by atoms with Gasteiger partial charge in [0.15, 0.2) is 0 Å². The lowest BCUT2D eigenvalue weighted by Gasteiger charge is -2.39. The molecule has 4 heteroatoms. The van der Waals surface area contributed by atoms with E-state index in [9.17, 15) is 4.79 Å². The molecule has 102 valence electrons. The molecule has 2 unspecified atom stereocenters. The van der Waals surface area contributed by atoms with Gasteiger partial charge in [0.1, 0.15) is 0 Å². The fraction of sp³-hybridized carbons (Fsp3) is 0.533. The monoisotopic (exact) mass is 276 g/mol. The van der Waals surface area contributed by atoms with E-state index in [0.717, 1.165) is 22.9 Å². The van der Waals surface area contributed by atoms with E-state index < -0.39 is 0 Å².